The minimum Gasteiger partial charge on any atom is -0.325 e. The van der Waals surface area contributed by atoms with Gasteiger partial charge in [-0.2, -0.15) is 4.31 Å². The third kappa shape index (κ3) is 4.75. The van der Waals surface area contributed by atoms with E-state index in [0.717, 1.165) is 36.5 Å². The number of carbonyl (C=O) groups is 1. The minimum atomic E-state index is -3.45. The first-order valence-electron chi connectivity index (χ1n) is 11.4. The number of aromatic nitrogens is 2. The Hall–Kier alpha value is -1.84. The first kappa shape index (κ1) is 23.3. The van der Waals surface area contributed by atoms with Crippen LogP contribution in [-0.4, -0.2) is 46.5 Å². The van der Waals surface area contributed by atoms with E-state index in [9.17, 15) is 13.2 Å². The summed E-state index contributed by atoms with van der Waals surface area (Å²) in [6, 6.07) is 6.93. The van der Waals surface area contributed by atoms with Crippen molar-refractivity contribution in [1.29, 1.82) is 0 Å². The Labute approximate surface area is 195 Å². The lowest BCUT2D eigenvalue weighted by Crippen LogP contribution is -2.28. The summed E-state index contributed by atoms with van der Waals surface area (Å²) in [5.41, 5.74) is 2.79. The molecule has 1 amide bonds. The van der Waals surface area contributed by atoms with E-state index in [-0.39, 0.29) is 16.1 Å². The largest absolute Gasteiger partial charge is 0.325 e. The van der Waals surface area contributed by atoms with Crippen LogP contribution in [0.2, 0.25) is 0 Å². The number of nitrogens with zero attached hydrogens (tertiary/aromatic N) is 3. The van der Waals surface area contributed by atoms with E-state index in [1.165, 1.54) is 34.6 Å². The van der Waals surface area contributed by atoms with Crippen molar-refractivity contribution in [3.8, 4) is 0 Å². The number of aryl methyl sites for hydroxylation is 1. The lowest BCUT2D eigenvalue weighted by Gasteiger charge is -2.19. The van der Waals surface area contributed by atoms with Gasteiger partial charge in [-0.15, -0.1) is 0 Å². The van der Waals surface area contributed by atoms with Crippen molar-refractivity contribution >= 4 is 33.4 Å². The minimum absolute atomic E-state index is 0.124. The van der Waals surface area contributed by atoms with Gasteiger partial charge in [0.2, 0.25) is 15.9 Å². The predicted octanol–water partition coefficient (Wildman–Crippen LogP) is 4.52. The molecule has 0 spiro atoms. The fourth-order valence-electron chi connectivity index (χ4n) is 4.51. The molecule has 1 saturated carbocycles. The van der Waals surface area contributed by atoms with Crippen LogP contribution in [0.4, 0.5) is 5.69 Å². The molecule has 1 atom stereocenters. The highest BCUT2D eigenvalue weighted by Gasteiger charge is 2.28. The van der Waals surface area contributed by atoms with Gasteiger partial charge in [0.05, 0.1) is 15.8 Å². The number of rotatable bonds is 7. The molecule has 1 aliphatic heterocycles. The van der Waals surface area contributed by atoms with E-state index >= 15 is 0 Å². The number of amides is 1. The Kier molecular flexibility index (Phi) is 6.97. The van der Waals surface area contributed by atoms with Gasteiger partial charge >= 0.3 is 0 Å². The number of nitrogens with one attached hydrogen (secondary N) is 1. The van der Waals surface area contributed by atoms with Crippen LogP contribution in [0.5, 0.6) is 0 Å². The molecular weight excluding hydrogens is 444 g/mol. The van der Waals surface area contributed by atoms with Gasteiger partial charge in [-0.25, -0.2) is 13.4 Å². The summed E-state index contributed by atoms with van der Waals surface area (Å²) in [4.78, 5) is 17.8. The monoisotopic (exact) mass is 476 g/mol. The van der Waals surface area contributed by atoms with Crippen LogP contribution >= 0.6 is 11.8 Å². The molecule has 32 heavy (non-hydrogen) atoms. The Bertz CT molecular complexity index is 1070. The molecule has 2 fully saturated rings. The summed E-state index contributed by atoms with van der Waals surface area (Å²) < 4.78 is 29.2. The first-order valence-corrected chi connectivity index (χ1v) is 13.7. The number of anilines is 1. The molecule has 4 rings (SSSR count). The lowest BCUT2D eigenvalue weighted by molar-refractivity contribution is -0.115. The average molecular weight is 477 g/mol. The normalized spacial score (nSPS) is 18.8. The van der Waals surface area contributed by atoms with E-state index in [1.54, 1.807) is 24.3 Å². The molecule has 1 aliphatic carbocycles. The van der Waals surface area contributed by atoms with Crippen molar-refractivity contribution < 1.29 is 13.2 Å². The topological polar surface area (TPSA) is 84.3 Å². The summed E-state index contributed by atoms with van der Waals surface area (Å²) >= 11 is 1.48. The van der Waals surface area contributed by atoms with Gasteiger partial charge in [-0.3, -0.25) is 4.79 Å². The third-order valence-electron chi connectivity index (χ3n) is 6.52. The van der Waals surface area contributed by atoms with Gasteiger partial charge in [-0.1, -0.05) is 24.6 Å². The molecule has 9 heteroatoms. The molecule has 0 radical (unpaired) electrons. The molecule has 1 aromatic heterocycles. The zero-order valence-corrected chi connectivity index (χ0v) is 20.6. The van der Waals surface area contributed by atoms with Crippen LogP contribution in [0.15, 0.2) is 34.3 Å². The molecule has 2 heterocycles. The summed E-state index contributed by atoms with van der Waals surface area (Å²) in [6.45, 7) is 7.15. The average Bonchev–Trinajstić information content (AvgIpc) is 3.52. The summed E-state index contributed by atoms with van der Waals surface area (Å²) in [5, 5.41) is 3.49. The zero-order chi connectivity index (χ0) is 22.9. The van der Waals surface area contributed by atoms with Crippen LogP contribution in [-0.2, 0) is 14.8 Å². The Balaban J connectivity index is 1.42. The molecule has 0 bridgehead atoms. The maximum atomic E-state index is 12.8. The second kappa shape index (κ2) is 9.57. The molecule has 7 nitrogen and oxygen atoms in total. The fourth-order valence-corrected chi connectivity index (χ4v) is 7.10. The zero-order valence-electron chi connectivity index (χ0n) is 19.0. The van der Waals surface area contributed by atoms with Crippen LogP contribution < -0.4 is 5.32 Å². The van der Waals surface area contributed by atoms with E-state index < -0.39 is 10.0 Å². The predicted molar refractivity (Wildman–Crippen MR) is 128 cm³/mol. The number of hydrogen-bond donors (Lipinski definition) is 1. The van der Waals surface area contributed by atoms with Gasteiger partial charge < -0.3 is 9.88 Å². The van der Waals surface area contributed by atoms with Crippen molar-refractivity contribution in [3.05, 3.63) is 35.7 Å². The van der Waals surface area contributed by atoms with E-state index in [0.29, 0.717) is 24.8 Å². The summed E-state index contributed by atoms with van der Waals surface area (Å²) in [5.74, 6) is -0.124. The number of carbonyl (C=O) groups excluding carboxylic acids is 1. The number of benzene rings is 1. The van der Waals surface area contributed by atoms with Crippen molar-refractivity contribution in [2.24, 2.45) is 0 Å². The van der Waals surface area contributed by atoms with Gasteiger partial charge in [0.25, 0.3) is 0 Å². The van der Waals surface area contributed by atoms with Crippen LogP contribution in [0.25, 0.3) is 0 Å². The van der Waals surface area contributed by atoms with Crippen molar-refractivity contribution in [2.45, 2.75) is 80.6 Å². The maximum absolute atomic E-state index is 12.8. The molecule has 174 valence electrons. The van der Waals surface area contributed by atoms with Crippen molar-refractivity contribution in [2.75, 3.05) is 18.4 Å². The van der Waals surface area contributed by atoms with Crippen molar-refractivity contribution in [1.82, 2.24) is 13.9 Å². The highest BCUT2D eigenvalue weighted by atomic mass is 32.2. The second-order valence-electron chi connectivity index (χ2n) is 8.76. The van der Waals surface area contributed by atoms with Crippen LogP contribution in [0.1, 0.15) is 62.9 Å². The highest BCUT2D eigenvalue weighted by molar-refractivity contribution is 8.00. The van der Waals surface area contributed by atoms with Crippen LogP contribution in [0, 0.1) is 13.8 Å². The Morgan fingerprint density at radius 3 is 2.34 bits per heavy atom. The molecule has 0 unspecified atom stereocenters. The molecule has 1 N–H and O–H groups in total. The molecule has 2 aliphatic rings. The number of imidazole rings is 1. The molecular formula is C23H32N4O3S2. The van der Waals surface area contributed by atoms with E-state index in [1.807, 2.05) is 13.8 Å². The number of hydrogen-bond acceptors (Lipinski definition) is 5. The van der Waals surface area contributed by atoms with Crippen LogP contribution in [0.3, 0.4) is 0 Å². The van der Waals surface area contributed by atoms with Gasteiger partial charge in [0.15, 0.2) is 5.16 Å². The smallest absolute Gasteiger partial charge is 0.243 e. The third-order valence-corrected chi connectivity index (χ3v) is 9.50. The standard InChI is InChI=1S/C23H32N4O3S2/c1-16-17(2)27(20-8-4-5-9-20)23(24-16)31-18(3)22(28)25-19-10-12-21(13-11-19)32(29,30)26-14-6-7-15-26/h10-13,18,20H,4-9,14-15H2,1-3H3,(H,25,28)/t18-/m0/s1. The number of thioether (sulfide) groups is 1. The van der Waals surface area contributed by atoms with E-state index in [4.69, 9.17) is 4.98 Å². The highest BCUT2D eigenvalue weighted by Crippen LogP contribution is 2.36. The first-order chi connectivity index (χ1) is 15.3. The Morgan fingerprint density at radius 2 is 1.72 bits per heavy atom. The Morgan fingerprint density at radius 1 is 1.09 bits per heavy atom. The molecule has 1 saturated heterocycles. The SMILES string of the molecule is Cc1nc(S[C@@H](C)C(=O)Nc2ccc(S(=O)(=O)N3CCCC3)cc2)n(C2CCCC2)c1C. The number of sulfonamides is 1. The molecule has 2 aromatic rings. The maximum Gasteiger partial charge on any atom is 0.243 e. The van der Waals surface area contributed by atoms with Crippen molar-refractivity contribution in [3.63, 3.8) is 0 Å². The van der Waals surface area contributed by atoms with Gasteiger partial charge in [-0.05, 0) is 70.7 Å². The lowest BCUT2D eigenvalue weighted by atomic mass is 10.2. The van der Waals surface area contributed by atoms with E-state index in [2.05, 4.69) is 16.8 Å². The quantitative estimate of drug-likeness (QED) is 0.594. The summed E-state index contributed by atoms with van der Waals surface area (Å²) in [6.07, 6.45) is 6.62. The second-order valence-corrected chi connectivity index (χ2v) is 12.0. The fraction of sp³-hybridized carbons (Fsp3) is 0.565. The van der Waals surface area contributed by atoms with Gasteiger partial charge in [0.1, 0.15) is 0 Å². The molecule has 1 aromatic carbocycles. The summed E-state index contributed by atoms with van der Waals surface area (Å²) in [7, 11) is -3.45. The van der Waals surface area contributed by atoms with Gasteiger partial charge in [0, 0.05) is 30.5 Å².